The summed E-state index contributed by atoms with van der Waals surface area (Å²) in [5, 5.41) is 2.76. The first kappa shape index (κ1) is 25.7. The Labute approximate surface area is 225 Å². The van der Waals surface area contributed by atoms with Gasteiger partial charge in [0.05, 0.1) is 12.6 Å². The minimum Gasteiger partial charge on any atom is -0.364 e. The first-order valence-corrected chi connectivity index (χ1v) is 12.7. The number of primary amides is 1. The number of nitrogens with two attached hydrogens (primary N) is 2. The van der Waals surface area contributed by atoms with Crippen LogP contribution >= 0.6 is 0 Å². The van der Waals surface area contributed by atoms with Crippen molar-refractivity contribution in [3.8, 4) is 11.3 Å². The van der Waals surface area contributed by atoms with Gasteiger partial charge in [-0.3, -0.25) is 14.4 Å². The number of anilines is 1. The zero-order chi connectivity index (χ0) is 27.7. The molecule has 1 saturated carbocycles. The number of hydrogen-bond donors (Lipinski definition) is 3. The zero-order valence-electron chi connectivity index (χ0n) is 21.4. The van der Waals surface area contributed by atoms with Gasteiger partial charge in [0.1, 0.15) is 11.5 Å². The first-order chi connectivity index (χ1) is 18.8. The maximum Gasteiger partial charge on any atom is 0.269 e. The third-order valence-corrected chi connectivity index (χ3v) is 6.92. The molecule has 1 atom stereocenters. The van der Waals surface area contributed by atoms with Gasteiger partial charge in [-0.05, 0) is 68.4 Å². The molecular formula is C28H28N8O3. The Morgan fingerprint density at radius 2 is 1.90 bits per heavy atom. The van der Waals surface area contributed by atoms with Crippen LogP contribution < -0.4 is 16.9 Å². The van der Waals surface area contributed by atoms with Gasteiger partial charge in [-0.15, -0.1) is 0 Å². The number of nitrogen functional groups attached to an aromatic ring is 1. The number of nitrogens with zero attached hydrogens (tertiary/aromatic N) is 5. The molecule has 11 heteroatoms. The Balaban J connectivity index is 1.43. The van der Waals surface area contributed by atoms with E-state index >= 15 is 0 Å². The molecule has 2 aromatic heterocycles. The largest absolute Gasteiger partial charge is 0.364 e. The molecule has 3 aromatic rings. The molecule has 1 aromatic carbocycles. The summed E-state index contributed by atoms with van der Waals surface area (Å²) in [6.45, 7) is 9.84. The number of amides is 3. The number of nitrogens with one attached hydrogen (secondary N) is 1. The van der Waals surface area contributed by atoms with Gasteiger partial charge < -0.3 is 21.8 Å². The van der Waals surface area contributed by atoms with Gasteiger partial charge in [0.25, 0.3) is 17.7 Å². The average Bonchev–Trinajstić information content (AvgIpc) is 3.49. The molecule has 2 aliphatic rings. The molecule has 5 N–H and O–H groups in total. The summed E-state index contributed by atoms with van der Waals surface area (Å²) in [6.07, 6.45) is 6.62. The highest BCUT2D eigenvalue weighted by molar-refractivity contribution is 6.04. The quantitative estimate of drug-likeness (QED) is 0.245. The zero-order valence-corrected chi connectivity index (χ0v) is 21.4. The van der Waals surface area contributed by atoms with Crippen molar-refractivity contribution < 1.29 is 14.4 Å². The second-order valence-corrected chi connectivity index (χ2v) is 9.81. The molecule has 39 heavy (non-hydrogen) atoms. The van der Waals surface area contributed by atoms with Crippen molar-refractivity contribution in [1.82, 2.24) is 19.5 Å². The maximum atomic E-state index is 13.2. The highest BCUT2D eigenvalue weighted by Gasteiger charge is 2.37. The number of hydrogen-bond acceptors (Lipinski definition) is 6. The van der Waals surface area contributed by atoms with Crippen LogP contribution in [0.3, 0.4) is 0 Å². The number of rotatable bonds is 7. The van der Waals surface area contributed by atoms with E-state index in [1.54, 1.807) is 47.5 Å². The van der Waals surface area contributed by atoms with Crippen molar-refractivity contribution in [2.24, 2.45) is 11.7 Å². The highest BCUT2D eigenvalue weighted by Crippen LogP contribution is 2.37. The van der Waals surface area contributed by atoms with E-state index in [0.717, 1.165) is 23.1 Å². The molecule has 0 bridgehead atoms. The number of carbonyl (C=O) groups is 3. The van der Waals surface area contributed by atoms with Crippen LogP contribution in [0.15, 0.2) is 54.4 Å². The lowest BCUT2D eigenvalue weighted by molar-refractivity contribution is -0.127. The van der Waals surface area contributed by atoms with Crippen molar-refractivity contribution in [3.63, 3.8) is 0 Å². The van der Waals surface area contributed by atoms with Crippen molar-refractivity contribution in [3.05, 3.63) is 88.4 Å². The normalized spacial score (nSPS) is 17.1. The molecule has 3 heterocycles. The molecular weight excluding hydrogens is 496 g/mol. The van der Waals surface area contributed by atoms with E-state index in [-0.39, 0.29) is 34.8 Å². The van der Waals surface area contributed by atoms with Gasteiger partial charge in [-0.25, -0.2) is 19.5 Å². The van der Waals surface area contributed by atoms with Crippen LogP contribution in [0.4, 0.5) is 5.82 Å². The smallest absolute Gasteiger partial charge is 0.269 e. The Bertz CT molecular complexity index is 1530. The number of aromatic nitrogens is 3. The molecule has 198 valence electrons. The molecule has 11 nitrogen and oxygen atoms in total. The molecule has 2 fully saturated rings. The molecule has 3 amide bonds. The van der Waals surface area contributed by atoms with Crippen molar-refractivity contribution >= 4 is 23.5 Å². The second-order valence-electron chi connectivity index (χ2n) is 9.81. The van der Waals surface area contributed by atoms with Crippen LogP contribution in [0.1, 0.15) is 64.0 Å². The van der Waals surface area contributed by atoms with Crippen molar-refractivity contribution in [2.75, 3.05) is 17.7 Å². The summed E-state index contributed by atoms with van der Waals surface area (Å²) >= 11 is 0. The molecule has 5 rings (SSSR count). The lowest BCUT2D eigenvalue weighted by atomic mass is 10.1. The van der Waals surface area contributed by atoms with Gasteiger partial charge in [0.2, 0.25) is 5.70 Å². The Morgan fingerprint density at radius 1 is 1.15 bits per heavy atom. The predicted octanol–water partition coefficient (Wildman–Crippen LogP) is 3.20. The van der Waals surface area contributed by atoms with Gasteiger partial charge in [-0.1, -0.05) is 18.2 Å². The molecule has 1 aliphatic carbocycles. The lowest BCUT2D eigenvalue weighted by Crippen LogP contribution is -2.34. The molecule has 0 unspecified atom stereocenters. The topological polar surface area (TPSA) is 154 Å². The van der Waals surface area contributed by atoms with E-state index in [0.29, 0.717) is 42.2 Å². The fraction of sp³-hybridized carbons (Fsp3) is 0.286. The number of pyridine rings is 1. The van der Waals surface area contributed by atoms with Crippen LogP contribution in [0, 0.1) is 19.4 Å². The van der Waals surface area contributed by atoms with Crippen molar-refractivity contribution in [1.29, 1.82) is 0 Å². The first-order valence-electron chi connectivity index (χ1n) is 12.7. The summed E-state index contributed by atoms with van der Waals surface area (Å²) in [4.78, 5) is 52.2. The number of benzene rings is 1. The maximum absolute atomic E-state index is 13.2. The second kappa shape index (κ2) is 10.4. The summed E-state index contributed by atoms with van der Waals surface area (Å²) in [5.41, 5.74) is 7.92. The fourth-order valence-electron chi connectivity index (χ4n) is 4.76. The monoisotopic (exact) mass is 524 g/mol. The average molecular weight is 525 g/mol. The molecule has 1 saturated heterocycles. The lowest BCUT2D eigenvalue weighted by Gasteiger charge is -2.24. The van der Waals surface area contributed by atoms with E-state index in [9.17, 15) is 14.4 Å². The summed E-state index contributed by atoms with van der Waals surface area (Å²) in [7, 11) is 0. The number of aryl methyl sites for hydroxylation is 1. The highest BCUT2D eigenvalue weighted by atomic mass is 16.2. The molecule has 0 radical (unpaired) electrons. The Kier molecular flexibility index (Phi) is 6.85. The fourth-order valence-corrected chi connectivity index (χ4v) is 4.76. The van der Waals surface area contributed by atoms with Gasteiger partial charge in [-0.2, -0.15) is 0 Å². The third-order valence-electron chi connectivity index (χ3n) is 6.92. The number of allylic oxidation sites excluding steroid dienone is 1. The Hall–Kier alpha value is -4.98. The molecule has 0 spiro atoms. The van der Waals surface area contributed by atoms with Crippen LogP contribution in [0.2, 0.25) is 0 Å². The standard InChI is InChI=1S/C28H28N8O3/c1-16-11-12-32-22(14-16)33-27(38)19-9-7-18(8-10-19)23-24(25(29)37)36(30)26(34-23)21-4-3-13-35(21)28(39)20(31-2)15-17-5-6-17/h7-12,14-15,17,21H,3-6,13,30H2,1H3,(H2,29,37)(H,32,33,38)/b20-15-/t21-/m0/s1. The minimum absolute atomic E-state index is 0.00983. The van der Waals surface area contributed by atoms with Crippen LogP contribution in [0.5, 0.6) is 0 Å². The van der Waals surface area contributed by atoms with E-state index in [1.807, 2.05) is 13.0 Å². The van der Waals surface area contributed by atoms with Crippen LogP contribution in [-0.4, -0.2) is 43.8 Å². The molecule has 1 aliphatic heterocycles. The van der Waals surface area contributed by atoms with E-state index in [1.165, 1.54) is 0 Å². The van der Waals surface area contributed by atoms with Crippen LogP contribution in [0.25, 0.3) is 16.1 Å². The van der Waals surface area contributed by atoms with E-state index in [2.05, 4.69) is 20.1 Å². The summed E-state index contributed by atoms with van der Waals surface area (Å²) in [6, 6.07) is 9.62. The number of imidazole rings is 1. The van der Waals surface area contributed by atoms with Crippen molar-refractivity contribution in [2.45, 2.75) is 38.6 Å². The van der Waals surface area contributed by atoms with Crippen LogP contribution in [-0.2, 0) is 4.79 Å². The summed E-state index contributed by atoms with van der Waals surface area (Å²) in [5.74, 6) is 5.89. The number of carbonyl (C=O) groups excluding carboxylic acids is 3. The Morgan fingerprint density at radius 3 is 2.54 bits per heavy atom. The van der Waals surface area contributed by atoms with E-state index < -0.39 is 11.9 Å². The van der Waals surface area contributed by atoms with Gasteiger partial charge >= 0.3 is 0 Å². The minimum atomic E-state index is -0.773. The SMILES string of the molecule is [C-]#[N+]/C(=C\C1CC1)C(=O)N1CCC[C@H]1c1nc(-c2ccc(C(=O)Nc3cc(C)ccn3)cc2)c(C(N)=O)n1N. The predicted molar refractivity (Wildman–Crippen MR) is 144 cm³/mol. The summed E-state index contributed by atoms with van der Waals surface area (Å²) < 4.78 is 1.14. The third kappa shape index (κ3) is 5.22. The van der Waals surface area contributed by atoms with Gasteiger partial charge in [0.15, 0.2) is 11.5 Å². The van der Waals surface area contributed by atoms with E-state index in [4.69, 9.17) is 18.1 Å². The van der Waals surface area contributed by atoms with Gasteiger partial charge in [0, 0.05) is 23.9 Å². The number of likely N-dealkylation sites (tertiary alicyclic amines) is 1.